The fourth-order valence-electron chi connectivity index (χ4n) is 8.97. The molecule has 0 saturated carbocycles. The second kappa shape index (κ2) is 13.7. The van der Waals surface area contributed by atoms with Gasteiger partial charge >= 0.3 is 0 Å². The van der Waals surface area contributed by atoms with Crippen molar-refractivity contribution in [3.8, 4) is 33.4 Å². The summed E-state index contributed by atoms with van der Waals surface area (Å²) in [5.74, 6) is 0. The third-order valence-electron chi connectivity index (χ3n) is 11.6. The number of nitrogens with zero attached hydrogens (tertiary/aromatic N) is 1. The summed E-state index contributed by atoms with van der Waals surface area (Å²) in [4.78, 5) is 2.42. The number of benzene rings is 11. The molecule has 266 valence electrons. The number of rotatable bonds is 6. The topological polar surface area (TPSA) is 3.24 Å². The standard InChI is InChI=1S/C56H37N/c1-6-24-48-38(15-1)18-14-30-56(48)57(44-20-13-19-40(35-44)54-36-41-16-2-4-22-46(41)49-25-9-11-28-52(49)54)43-33-31-39(32-34-43)45-21-7-8-27-51(45)55-37-42-17-3-5-23-47(42)50-26-10-12-29-53(50)55/h1-37H. The van der Waals surface area contributed by atoms with E-state index in [1.54, 1.807) is 0 Å². The van der Waals surface area contributed by atoms with E-state index < -0.39 is 0 Å². The Morgan fingerprint density at radius 2 is 0.719 bits per heavy atom. The monoisotopic (exact) mass is 723 g/mol. The van der Waals surface area contributed by atoms with E-state index >= 15 is 0 Å². The van der Waals surface area contributed by atoms with Gasteiger partial charge in [-0.25, -0.2) is 0 Å². The van der Waals surface area contributed by atoms with Gasteiger partial charge in [-0.05, 0) is 124 Å². The molecular weight excluding hydrogens is 687 g/mol. The molecule has 0 bridgehead atoms. The lowest BCUT2D eigenvalue weighted by Gasteiger charge is -2.28. The third kappa shape index (κ3) is 5.63. The molecule has 0 unspecified atom stereocenters. The Labute approximate surface area is 332 Å². The van der Waals surface area contributed by atoms with E-state index in [-0.39, 0.29) is 0 Å². The first kappa shape index (κ1) is 32.9. The Morgan fingerprint density at radius 1 is 0.228 bits per heavy atom. The third-order valence-corrected chi connectivity index (χ3v) is 11.6. The van der Waals surface area contributed by atoms with Crippen LogP contribution in [0.5, 0.6) is 0 Å². The van der Waals surface area contributed by atoms with E-state index in [1.165, 1.54) is 87.2 Å². The van der Waals surface area contributed by atoms with Crippen LogP contribution in [0.15, 0.2) is 224 Å². The molecule has 0 aliphatic rings. The fourth-order valence-corrected chi connectivity index (χ4v) is 8.97. The molecule has 0 fully saturated rings. The van der Waals surface area contributed by atoms with Gasteiger partial charge in [-0.1, -0.05) is 182 Å². The molecule has 0 aromatic heterocycles. The highest BCUT2D eigenvalue weighted by atomic mass is 15.1. The van der Waals surface area contributed by atoms with Crippen molar-refractivity contribution in [1.82, 2.24) is 0 Å². The van der Waals surface area contributed by atoms with Crippen LogP contribution in [0.1, 0.15) is 0 Å². The van der Waals surface area contributed by atoms with Crippen LogP contribution in [0.2, 0.25) is 0 Å². The molecule has 0 aliphatic carbocycles. The van der Waals surface area contributed by atoms with Crippen molar-refractivity contribution in [2.24, 2.45) is 0 Å². The van der Waals surface area contributed by atoms with E-state index in [0.717, 1.165) is 17.1 Å². The summed E-state index contributed by atoms with van der Waals surface area (Å²) in [7, 11) is 0. The van der Waals surface area contributed by atoms with Crippen LogP contribution >= 0.6 is 0 Å². The predicted octanol–water partition coefficient (Wildman–Crippen LogP) is 15.9. The van der Waals surface area contributed by atoms with Crippen molar-refractivity contribution in [1.29, 1.82) is 0 Å². The predicted molar refractivity (Wildman–Crippen MR) is 245 cm³/mol. The lowest BCUT2D eigenvalue weighted by molar-refractivity contribution is 1.30. The summed E-state index contributed by atoms with van der Waals surface area (Å²) in [6.07, 6.45) is 0. The molecular formula is C56H37N. The molecule has 11 aromatic carbocycles. The lowest BCUT2D eigenvalue weighted by atomic mass is 9.89. The van der Waals surface area contributed by atoms with Crippen LogP contribution < -0.4 is 4.90 Å². The van der Waals surface area contributed by atoms with Gasteiger partial charge in [0.15, 0.2) is 0 Å². The second-order valence-corrected chi connectivity index (χ2v) is 14.9. The smallest absolute Gasteiger partial charge is 0.0540 e. The van der Waals surface area contributed by atoms with Crippen LogP contribution in [0.4, 0.5) is 17.1 Å². The van der Waals surface area contributed by atoms with Crippen LogP contribution in [0, 0.1) is 0 Å². The highest BCUT2D eigenvalue weighted by molar-refractivity contribution is 6.16. The Morgan fingerprint density at radius 3 is 1.40 bits per heavy atom. The molecule has 57 heavy (non-hydrogen) atoms. The van der Waals surface area contributed by atoms with Crippen molar-refractivity contribution in [2.45, 2.75) is 0 Å². The molecule has 0 atom stereocenters. The minimum absolute atomic E-state index is 1.10. The summed E-state index contributed by atoms with van der Waals surface area (Å²) in [6.45, 7) is 0. The van der Waals surface area contributed by atoms with Crippen molar-refractivity contribution < 1.29 is 0 Å². The first-order valence-corrected chi connectivity index (χ1v) is 19.7. The van der Waals surface area contributed by atoms with Crippen LogP contribution in [0.3, 0.4) is 0 Å². The fraction of sp³-hybridized carbons (Fsp3) is 0. The normalized spacial score (nSPS) is 11.5. The van der Waals surface area contributed by atoms with Gasteiger partial charge in [-0.15, -0.1) is 0 Å². The van der Waals surface area contributed by atoms with Gasteiger partial charge in [-0.2, -0.15) is 0 Å². The zero-order chi connectivity index (χ0) is 37.7. The largest absolute Gasteiger partial charge is 0.310 e. The number of hydrogen-bond acceptors (Lipinski definition) is 1. The van der Waals surface area contributed by atoms with E-state index in [0.29, 0.717) is 0 Å². The molecule has 1 nitrogen and oxygen atoms in total. The Hall–Kier alpha value is -7.48. The van der Waals surface area contributed by atoms with E-state index in [2.05, 4.69) is 229 Å². The molecule has 0 heterocycles. The number of anilines is 3. The van der Waals surface area contributed by atoms with Crippen LogP contribution in [0.25, 0.3) is 87.2 Å². The minimum atomic E-state index is 1.10. The van der Waals surface area contributed by atoms with Crippen molar-refractivity contribution >= 4 is 70.9 Å². The molecule has 1 heteroatoms. The molecule has 0 amide bonds. The van der Waals surface area contributed by atoms with Gasteiger partial charge < -0.3 is 4.90 Å². The highest BCUT2D eigenvalue weighted by Crippen LogP contribution is 2.44. The molecule has 11 rings (SSSR count). The summed E-state index contributed by atoms with van der Waals surface area (Å²) in [5, 5.41) is 12.6. The van der Waals surface area contributed by atoms with Gasteiger partial charge in [0.25, 0.3) is 0 Å². The molecule has 0 aliphatic heterocycles. The summed E-state index contributed by atoms with van der Waals surface area (Å²) in [6, 6.07) is 82.0. The maximum Gasteiger partial charge on any atom is 0.0540 e. The molecule has 0 saturated heterocycles. The van der Waals surface area contributed by atoms with Crippen LogP contribution in [-0.4, -0.2) is 0 Å². The van der Waals surface area contributed by atoms with Crippen LogP contribution in [-0.2, 0) is 0 Å². The first-order chi connectivity index (χ1) is 28.3. The lowest BCUT2D eigenvalue weighted by Crippen LogP contribution is -2.10. The minimum Gasteiger partial charge on any atom is -0.310 e. The molecule has 0 radical (unpaired) electrons. The molecule has 11 aromatic rings. The quantitative estimate of drug-likeness (QED) is 0.154. The number of hydrogen-bond donors (Lipinski definition) is 0. The number of fused-ring (bicyclic) bond motifs is 7. The van der Waals surface area contributed by atoms with E-state index in [4.69, 9.17) is 0 Å². The highest BCUT2D eigenvalue weighted by Gasteiger charge is 2.19. The maximum absolute atomic E-state index is 2.42. The summed E-state index contributed by atoms with van der Waals surface area (Å²) < 4.78 is 0. The van der Waals surface area contributed by atoms with Crippen molar-refractivity contribution in [2.75, 3.05) is 4.90 Å². The van der Waals surface area contributed by atoms with E-state index in [1.807, 2.05) is 0 Å². The Balaban J connectivity index is 1.07. The van der Waals surface area contributed by atoms with Gasteiger partial charge in [-0.3, -0.25) is 0 Å². The second-order valence-electron chi connectivity index (χ2n) is 14.9. The molecule has 0 N–H and O–H groups in total. The molecule has 0 spiro atoms. The average molecular weight is 724 g/mol. The summed E-state index contributed by atoms with van der Waals surface area (Å²) in [5.41, 5.74) is 10.6. The zero-order valence-corrected chi connectivity index (χ0v) is 31.3. The first-order valence-electron chi connectivity index (χ1n) is 19.7. The van der Waals surface area contributed by atoms with Gasteiger partial charge in [0.2, 0.25) is 0 Å². The Kier molecular flexibility index (Phi) is 7.89. The van der Waals surface area contributed by atoms with Gasteiger partial charge in [0, 0.05) is 16.8 Å². The SMILES string of the molecule is c1cc(-c2cc3ccccc3c3ccccc23)cc(N(c2ccc(-c3ccccc3-c3cc4ccccc4c4ccccc34)cc2)c2cccc3ccccc23)c1. The maximum atomic E-state index is 2.42. The zero-order valence-electron chi connectivity index (χ0n) is 31.3. The van der Waals surface area contributed by atoms with Crippen molar-refractivity contribution in [3.63, 3.8) is 0 Å². The van der Waals surface area contributed by atoms with Crippen molar-refractivity contribution in [3.05, 3.63) is 224 Å². The van der Waals surface area contributed by atoms with E-state index in [9.17, 15) is 0 Å². The van der Waals surface area contributed by atoms with Gasteiger partial charge in [0.05, 0.1) is 5.69 Å². The summed E-state index contributed by atoms with van der Waals surface area (Å²) >= 11 is 0. The Bertz CT molecular complexity index is 3300. The average Bonchev–Trinajstić information content (AvgIpc) is 3.29. The van der Waals surface area contributed by atoms with Gasteiger partial charge in [0.1, 0.15) is 0 Å².